The van der Waals surface area contributed by atoms with Crippen LogP contribution in [0.3, 0.4) is 0 Å². The molecule has 0 aliphatic heterocycles. The summed E-state index contributed by atoms with van der Waals surface area (Å²) in [7, 11) is 6.71. The number of methoxy groups -OCH3 is 2. The first-order valence-corrected chi connectivity index (χ1v) is 7.97. The molecule has 0 saturated carbocycles. The van der Waals surface area contributed by atoms with Gasteiger partial charge in [-0.1, -0.05) is 0 Å². The molecule has 0 aliphatic carbocycles. The largest absolute Gasteiger partial charge is 0.497 e. The zero-order valence-corrected chi connectivity index (χ0v) is 15.2. The summed E-state index contributed by atoms with van der Waals surface area (Å²) in [5, 5.41) is 5.14. The maximum atomic E-state index is 12.2. The van der Waals surface area contributed by atoms with E-state index in [0.717, 1.165) is 0 Å². The summed E-state index contributed by atoms with van der Waals surface area (Å²) in [5.41, 5.74) is 0.349. The summed E-state index contributed by atoms with van der Waals surface area (Å²) in [6, 6.07) is 8.32. The highest BCUT2D eigenvalue weighted by atomic mass is 16.5. The molecule has 2 N–H and O–H groups in total. The number of ether oxygens (including phenoxy) is 2. The number of carbonyl (C=O) groups is 2. The Morgan fingerprint density at radius 1 is 1.15 bits per heavy atom. The van der Waals surface area contributed by atoms with E-state index in [2.05, 4.69) is 10.6 Å². The molecule has 0 fully saturated rings. The number of nitrogens with one attached hydrogen (secondary N) is 2. The summed E-state index contributed by atoms with van der Waals surface area (Å²) in [5.74, 6) is 0.104. The van der Waals surface area contributed by atoms with Crippen molar-refractivity contribution in [1.29, 1.82) is 0 Å². The van der Waals surface area contributed by atoms with Crippen LogP contribution in [0.25, 0.3) is 0 Å². The zero-order valence-electron chi connectivity index (χ0n) is 15.2. The van der Waals surface area contributed by atoms with Gasteiger partial charge in [-0.2, -0.15) is 0 Å². The molecular formula is C18H23N3O5. The maximum absolute atomic E-state index is 12.2. The predicted molar refractivity (Wildman–Crippen MR) is 96.3 cm³/mol. The van der Waals surface area contributed by atoms with Gasteiger partial charge in [0, 0.05) is 12.6 Å². The van der Waals surface area contributed by atoms with Crippen LogP contribution in [0.1, 0.15) is 11.8 Å². The molecule has 0 bridgehead atoms. The van der Waals surface area contributed by atoms with Crippen molar-refractivity contribution < 1.29 is 23.5 Å². The minimum absolute atomic E-state index is 0.187. The summed E-state index contributed by atoms with van der Waals surface area (Å²) in [6.07, 6.45) is 1.56. The second-order valence-corrected chi connectivity index (χ2v) is 5.73. The van der Waals surface area contributed by atoms with Gasteiger partial charge >= 0.3 is 11.8 Å². The summed E-state index contributed by atoms with van der Waals surface area (Å²) in [6.45, 7) is 0.224. The van der Waals surface area contributed by atoms with E-state index in [0.29, 0.717) is 22.9 Å². The molecule has 0 radical (unpaired) electrons. The van der Waals surface area contributed by atoms with Crippen LogP contribution in [0.5, 0.6) is 11.5 Å². The second-order valence-electron chi connectivity index (χ2n) is 5.73. The molecule has 2 amide bonds. The van der Waals surface area contributed by atoms with Gasteiger partial charge in [-0.15, -0.1) is 0 Å². The molecule has 140 valence electrons. The van der Waals surface area contributed by atoms with Crippen molar-refractivity contribution in [3.8, 4) is 11.5 Å². The number of amides is 2. The molecule has 2 aromatic rings. The lowest BCUT2D eigenvalue weighted by atomic mass is 10.2. The third-order valence-corrected chi connectivity index (χ3v) is 3.81. The molecule has 8 nitrogen and oxygen atoms in total. The van der Waals surface area contributed by atoms with Gasteiger partial charge in [-0.3, -0.25) is 14.5 Å². The SMILES string of the molecule is COc1ccc(OC)c(NC(=O)C(=O)NC[C@@H](c2ccco2)N(C)C)c1. The Morgan fingerprint density at radius 3 is 2.50 bits per heavy atom. The van der Waals surface area contributed by atoms with Gasteiger partial charge in [0.05, 0.1) is 32.2 Å². The Hall–Kier alpha value is -3.00. The van der Waals surface area contributed by atoms with Crippen molar-refractivity contribution in [2.45, 2.75) is 6.04 Å². The van der Waals surface area contributed by atoms with E-state index in [9.17, 15) is 9.59 Å². The van der Waals surface area contributed by atoms with Gasteiger partial charge in [-0.05, 0) is 38.4 Å². The van der Waals surface area contributed by atoms with Crippen molar-refractivity contribution in [2.24, 2.45) is 0 Å². The monoisotopic (exact) mass is 361 g/mol. The van der Waals surface area contributed by atoms with Crippen LogP contribution in [0.2, 0.25) is 0 Å². The number of likely N-dealkylation sites (N-methyl/N-ethyl adjacent to an activating group) is 1. The first-order valence-electron chi connectivity index (χ1n) is 7.97. The average Bonchev–Trinajstić information content (AvgIpc) is 3.15. The number of carbonyl (C=O) groups excluding carboxylic acids is 2. The quantitative estimate of drug-likeness (QED) is 0.729. The van der Waals surface area contributed by atoms with E-state index in [1.54, 1.807) is 30.5 Å². The number of rotatable bonds is 7. The molecule has 1 aromatic carbocycles. The Balaban J connectivity index is 2.00. The number of anilines is 1. The molecule has 26 heavy (non-hydrogen) atoms. The van der Waals surface area contributed by atoms with Gasteiger partial charge < -0.3 is 24.5 Å². The molecule has 0 aliphatic rings. The highest BCUT2D eigenvalue weighted by Gasteiger charge is 2.21. The summed E-state index contributed by atoms with van der Waals surface area (Å²) in [4.78, 5) is 26.2. The lowest BCUT2D eigenvalue weighted by molar-refractivity contribution is -0.136. The predicted octanol–water partition coefficient (Wildman–Crippen LogP) is 1.65. The number of benzene rings is 1. The van der Waals surface area contributed by atoms with E-state index in [4.69, 9.17) is 13.9 Å². The first kappa shape index (κ1) is 19.3. The van der Waals surface area contributed by atoms with Crippen LogP contribution in [-0.4, -0.2) is 51.6 Å². The fourth-order valence-corrected chi connectivity index (χ4v) is 2.38. The van der Waals surface area contributed by atoms with Crippen LogP contribution in [0, 0.1) is 0 Å². The second kappa shape index (κ2) is 8.91. The van der Waals surface area contributed by atoms with E-state index in [-0.39, 0.29) is 12.6 Å². The van der Waals surface area contributed by atoms with Crippen LogP contribution in [0.4, 0.5) is 5.69 Å². The molecule has 1 heterocycles. The van der Waals surface area contributed by atoms with Gasteiger partial charge in [0.1, 0.15) is 17.3 Å². The lowest BCUT2D eigenvalue weighted by Crippen LogP contribution is -2.40. The van der Waals surface area contributed by atoms with Crippen LogP contribution in [-0.2, 0) is 9.59 Å². The van der Waals surface area contributed by atoms with Gasteiger partial charge in [0.2, 0.25) is 0 Å². The molecule has 1 atom stereocenters. The van der Waals surface area contributed by atoms with Crippen molar-refractivity contribution >= 4 is 17.5 Å². The highest BCUT2D eigenvalue weighted by Crippen LogP contribution is 2.28. The Labute approximate surface area is 152 Å². The van der Waals surface area contributed by atoms with Crippen molar-refractivity contribution in [3.05, 3.63) is 42.4 Å². The van der Waals surface area contributed by atoms with E-state index in [1.807, 2.05) is 25.1 Å². The minimum atomic E-state index is -0.798. The Bertz CT molecular complexity index is 743. The van der Waals surface area contributed by atoms with Crippen molar-refractivity contribution in [1.82, 2.24) is 10.2 Å². The third kappa shape index (κ3) is 4.76. The smallest absolute Gasteiger partial charge is 0.313 e. The van der Waals surface area contributed by atoms with Gasteiger partial charge in [0.15, 0.2) is 0 Å². The Morgan fingerprint density at radius 2 is 1.92 bits per heavy atom. The number of hydrogen-bond acceptors (Lipinski definition) is 6. The molecule has 1 aromatic heterocycles. The van der Waals surface area contributed by atoms with Crippen molar-refractivity contribution in [3.63, 3.8) is 0 Å². The normalized spacial score (nSPS) is 11.7. The molecule has 0 saturated heterocycles. The van der Waals surface area contributed by atoms with E-state index >= 15 is 0 Å². The number of nitrogens with zero attached hydrogens (tertiary/aromatic N) is 1. The molecule has 8 heteroatoms. The molecular weight excluding hydrogens is 338 g/mol. The maximum Gasteiger partial charge on any atom is 0.313 e. The fourth-order valence-electron chi connectivity index (χ4n) is 2.38. The highest BCUT2D eigenvalue weighted by molar-refractivity contribution is 6.39. The van der Waals surface area contributed by atoms with Crippen molar-refractivity contribution in [2.75, 3.05) is 40.2 Å². The van der Waals surface area contributed by atoms with Gasteiger partial charge in [0.25, 0.3) is 0 Å². The zero-order chi connectivity index (χ0) is 19.1. The summed E-state index contributed by atoms with van der Waals surface area (Å²) < 4.78 is 15.7. The minimum Gasteiger partial charge on any atom is -0.497 e. The molecule has 0 unspecified atom stereocenters. The summed E-state index contributed by atoms with van der Waals surface area (Å²) >= 11 is 0. The first-order chi connectivity index (χ1) is 12.5. The van der Waals surface area contributed by atoms with E-state index < -0.39 is 11.8 Å². The average molecular weight is 361 g/mol. The standard InChI is InChI=1S/C18H23N3O5/c1-21(2)14(16-6-5-9-26-16)11-19-17(22)18(23)20-13-10-12(24-3)7-8-15(13)25-4/h5-10,14H,11H2,1-4H3,(H,19,22)(H,20,23)/t14-/m0/s1. The van der Waals surface area contributed by atoms with Crippen LogP contribution in [0.15, 0.2) is 41.0 Å². The number of hydrogen-bond donors (Lipinski definition) is 2. The van der Waals surface area contributed by atoms with E-state index in [1.165, 1.54) is 14.2 Å². The Kier molecular flexibility index (Phi) is 6.62. The molecule has 0 spiro atoms. The fraction of sp³-hybridized carbons (Fsp3) is 0.333. The molecule has 2 rings (SSSR count). The van der Waals surface area contributed by atoms with Gasteiger partial charge in [-0.25, -0.2) is 0 Å². The van der Waals surface area contributed by atoms with Crippen LogP contribution < -0.4 is 20.1 Å². The lowest BCUT2D eigenvalue weighted by Gasteiger charge is -2.22. The third-order valence-electron chi connectivity index (χ3n) is 3.81. The number of furan rings is 1. The topological polar surface area (TPSA) is 93.0 Å². The van der Waals surface area contributed by atoms with Crippen LogP contribution >= 0.6 is 0 Å².